The van der Waals surface area contributed by atoms with E-state index in [1.165, 1.54) is 0 Å². The lowest BCUT2D eigenvalue weighted by molar-refractivity contribution is -0.189. The second-order valence-corrected chi connectivity index (χ2v) is 6.07. The van der Waals surface area contributed by atoms with E-state index < -0.39 is 57.6 Å². The lowest BCUT2D eigenvalue weighted by Gasteiger charge is -2.20. The molecule has 28 heavy (non-hydrogen) atoms. The number of alkyl halides is 2. The monoisotopic (exact) mass is 420 g/mol. The summed E-state index contributed by atoms with van der Waals surface area (Å²) >= 11 is 5.48. The van der Waals surface area contributed by atoms with Crippen LogP contribution in [0, 0.1) is 29.1 Å². The van der Waals surface area contributed by atoms with Gasteiger partial charge < -0.3 is 4.74 Å². The van der Waals surface area contributed by atoms with Crippen LogP contribution in [-0.4, -0.2) is 0 Å². The van der Waals surface area contributed by atoms with Crippen LogP contribution in [0.3, 0.4) is 0 Å². The first-order valence-electron chi connectivity index (χ1n) is 7.55. The van der Waals surface area contributed by atoms with Crippen LogP contribution >= 0.6 is 11.6 Å². The molecule has 0 unspecified atom stereocenters. The van der Waals surface area contributed by atoms with E-state index >= 15 is 0 Å². The highest BCUT2D eigenvalue weighted by Crippen LogP contribution is 2.38. The van der Waals surface area contributed by atoms with Crippen LogP contribution in [0.15, 0.2) is 48.5 Å². The molecule has 0 amide bonds. The molecule has 9 heteroatoms. The van der Waals surface area contributed by atoms with Crippen molar-refractivity contribution in [2.75, 3.05) is 0 Å². The minimum absolute atomic E-state index is 0.296. The van der Waals surface area contributed by atoms with Crippen molar-refractivity contribution >= 4 is 11.6 Å². The number of halogens is 8. The Balaban J connectivity index is 2.04. The van der Waals surface area contributed by atoms with Gasteiger partial charge in [0.25, 0.3) is 0 Å². The Kier molecular flexibility index (Phi) is 5.25. The Labute approximate surface area is 158 Å². The van der Waals surface area contributed by atoms with Crippen LogP contribution in [0.2, 0.25) is 5.02 Å². The zero-order valence-corrected chi connectivity index (χ0v) is 14.3. The average molecular weight is 421 g/mol. The van der Waals surface area contributed by atoms with Gasteiger partial charge in [0.1, 0.15) is 40.4 Å². The highest BCUT2D eigenvalue weighted by atomic mass is 35.5. The largest absolute Gasteiger partial charge is 0.432 e. The molecule has 0 spiro atoms. The molecule has 0 N–H and O–H groups in total. The summed E-state index contributed by atoms with van der Waals surface area (Å²) in [6, 6.07) is 5.40. The van der Waals surface area contributed by atoms with Gasteiger partial charge >= 0.3 is 6.11 Å². The average Bonchev–Trinajstić information content (AvgIpc) is 2.55. The summed E-state index contributed by atoms with van der Waals surface area (Å²) in [5, 5.41) is -0.296. The molecule has 3 aromatic rings. The predicted octanol–water partition coefficient (Wildman–Crippen LogP) is 6.83. The highest BCUT2D eigenvalue weighted by Gasteiger charge is 2.41. The first-order chi connectivity index (χ1) is 13.1. The molecule has 0 aliphatic rings. The smallest absolute Gasteiger partial charge is 0.429 e. The van der Waals surface area contributed by atoms with Gasteiger partial charge in [-0.25, -0.2) is 22.0 Å². The van der Waals surface area contributed by atoms with Crippen LogP contribution in [0.4, 0.5) is 30.7 Å². The van der Waals surface area contributed by atoms with Gasteiger partial charge in [0.2, 0.25) is 0 Å². The molecule has 0 saturated heterocycles. The van der Waals surface area contributed by atoms with Gasteiger partial charge in [0, 0.05) is 5.02 Å². The lowest BCUT2D eigenvalue weighted by Crippen LogP contribution is -2.25. The molecule has 0 aliphatic heterocycles. The standard InChI is InChI=1S/C19H8ClF7O/c20-10-7-13(22)17(14(23)8-10)9-5-15(24)18(16(25)6-9)19(26,27)28-12-3-1-11(21)2-4-12/h1-8H. The van der Waals surface area contributed by atoms with Gasteiger partial charge in [0.15, 0.2) is 0 Å². The Morgan fingerprint density at radius 3 is 1.71 bits per heavy atom. The minimum atomic E-state index is -4.48. The van der Waals surface area contributed by atoms with Crippen LogP contribution in [0.5, 0.6) is 5.75 Å². The van der Waals surface area contributed by atoms with E-state index in [9.17, 15) is 30.7 Å². The molecule has 0 radical (unpaired) electrons. The topological polar surface area (TPSA) is 9.23 Å². The summed E-state index contributed by atoms with van der Waals surface area (Å²) in [5.41, 5.74) is -3.25. The summed E-state index contributed by atoms with van der Waals surface area (Å²) in [4.78, 5) is 0. The molecular formula is C19H8ClF7O. The van der Waals surface area contributed by atoms with Gasteiger partial charge in [0.05, 0.1) is 5.56 Å². The number of rotatable bonds is 4. The summed E-state index contributed by atoms with van der Waals surface area (Å²) in [6.45, 7) is 0. The number of ether oxygens (including phenoxy) is 1. The van der Waals surface area contributed by atoms with E-state index in [-0.39, 0.29) is 5.02 Å². The maximum absolute atomic E-state index is 14.3. The van der Waals surface area contributed by atoms with Crippen LogP contribution < -0.4 is 4.74 Å². The van der Waals surface area contributed by atoms with Crippen molar-refractivity contribution in [3.05, 3.63) is 88.2 Å². The van der Waals surface area contributed by atoms with Gasteiger partial charge in [-0.2, -0.15) is 8.78 Å². The van der Waals surface area contributed by atoms with Crippen molar-refractivity contribution in [3.63, 3.8) is 0 Å². The van der Waals surface area contributed by atoms with E-state index in [4.69, 9.17) is 11.6 Å². The molecule has 0 fully saturated rings. The molecule has 3 rings (SSSR count). The fraction of sp³-hybridized carbons (Fsp3) is 0.0526. The van der Waals surface area contributed by atoms with Crippen LogP contribution in [-0.2, 0) is 6.11 Å². The Morgan fingerprint density at radius 2 is 1.21 bits per heavy atom. The summed E-state index contributed by atoms with van der Waals surface area (Å²) in [5.74, 6) is -7.34. The van der Waals surface area contributed by atoms with Crippen molar-refractivity contribution in [1.29, 1.82) is 0 Å². The van der Waals surface area contributed by atoms with Crippen molar-refractivity contribution in [2.45, 2.75) is 6.11 Å². The predicted molar refractivity (Wildman–Crippen MR) is 87.6 cm³/mol. The second kappa shape index (κ2) is 7.35. The summed E-state index contributed by atoms with van der Waals surface area (Å²) in [7, 11) is 0. The summed E-state index contributed by atoms with van der Waals surface area (Å²) < 4.78 is 102. The molecule has 146 valence electrons. The van der Waals surface area contributed by atoms with E-state index in [1.807, 2.05) is 0 Å². The Bertz CT molecular complexity index is 989. The van der Waals surface area contributed by atoms with Crippen molar-refractivity contribution in [3.8, 4) is 16.9 Å². The van der Waals surface area contributed by atoms with E-state index in [1.54, 1.807) is 0 Å². The maximum Gasteiger partial charge on any atom is 0.432 e. The Hall–Kier alpha value is -2.74. The third-order valence-corrected chi connectivity index (χ3v) is 3.91. The van der Waals surface area contributed by atoms with Crippen molar-refractivity contribution in [1.82, 2.24) is 0 Å². The van der Waals surface area contributed by atoms with Crippen molar-refractivity contribution < 1.29 is 35.5 Å². The Morgan fingerprint density at radius 1 is 0.714 bits per heavy atom. The fourth-order valence-corrected chi connectivity index (χ4v) is 2.71. The summed E-state index contributed by atoms with van der Waals surface area (Å²) in [6.07, 6.45) is -4.48. The van der Waals surface area contributed by atoms with E-state index in [2.05, 4.69) is 4.74 Å². The third kappa shape index (κ3) is 3.91. The fourth-order valence-electron chi connectivity index (χ4n) is 2.52. The molecule has 0 bridgehead atoms. The molecule has 0 saturated carbocycles. The first kappa shape index (κ1) is 20.0. The molecule has 1 nitrogen and oxygen atoms in total. The lowest BCUT2D eigenvalue weighted by atomic mass is 10.0. The number of hydrogen-bond acceptors (Lipinski definition) is 1. The quantitative estimate of drug-likeness (QED) is 0.420. The normalized spacial score (nSPS) is 11.6. The van der Waals surface area contributed by atoms with Crippen LogP contribution in [0.25, 0.3) is 11.1 Å². The van der Waals surface area contributed by atoms with Gasteiger partial charge in [-0.3, -0.25) is 0 Å². The van der Waals surface area contributed by atoms with E-state index in [0.29, 0.717) is 24.3 Å². The molecule has 0 aromatic heterocycles. The maximum atomic E-state index is 14.3. The molecule has 0 atom stereocenters. The van der Waals surface area contributed by atoms with Gasteiger partial charge in [-0.15, -0.1) is 0 Å². The zero-order chi connectivity index (χ0) is 20.6. The van der Waals surface area contributed by atoms with Crippen molar-refractivity contribution in [2.24, 2.45) is 0 Å². The SMILES string of the molecule is Fc1ccc(OC(F)(F)c2c(F)cc(-c3c(F)cc(Cl)cc3F)cc2F)cc1. The van der Waals surface area contributed by atoms with Gasteiger partial charge in [-0.1, -0.05) is 11.6 Å². The molecular weight excluding hydrogens is 413 g/mol. The molecule has 0 heterocycles. The number of hydrogen-bond donors (Lipinski definition) is 0. The van der Waals surface area contributed by atoms with Crippen LogP contribution in [0.1, 0.15) is 5.56 Å². The third-order valence-electron chi connectivity index (χ3n) is 3.69. The molecule has 0 aliphatic carbocycles. The first-order valence-corrected chi connectivity index (χ1v) is 7.93. The number of benzene rings is 3. The minimum Gasteiger partial charge on any atom is -0.429 e. The zero-order valence-electron chi connectivity index (χ0n) is 13.6. The second-order valence-electron chi connectivity index (χ2n) is 5.63. The van der Waals surface area contributed by atoms with Gasteiger partial charge in [-0.05, 0) is 54.1 Å². The molecule has 3 aromatic carbocycles. The highest BCUT2D eigenvalue weighted by molar-refractivity contribution is 6.30. The van der Waals surface area contributed by atoms with E-state index in [0.717, 1.165) is 24.3 Å².